The normalized spacial score (nSPS) is 43.6. The van der Waals surface area contributed by atoms with Crippen LogP contribution < -0.4 is 0 Å². The summed E-state index contributed by atoms with van der Waals surface area (Å²) in [5.41, 5.74) is 2.98. The van der Waals surface area contributed by atoms with E-state index in [9.17, 15) is 15.3 Å². The first kappa shape index (κ1) is 11.8. The second kappa shape index (κ2) is 4.70. The first-order chi connectivity index (χ1) is 7.65. The Morgan fingerprint density at radius 2 is 2.00 bits per heavy atom. The summed E-state index contributed by atoms with van der Waals surface area (Å²) in [6.07, 6.45) is 2.32. The van der Waals surface area contributed by atoms with Crippen LogP contribution in [-0.2, 0) is 0 Å². The maximum atomic E-state index is 10.2. The summed E-state index contributed by atoms with van der Waals surface area (Å²) < 4.78 is 0. The van der Waals surface area contributed by atoms with Crippen LogP contribution in [0.15, 0.2) is 17.9 Å². The van der Waals surface area contributed by atoms with Crippen LogP contribution in [0, 0.1) is 5.92 Å². The van der Waals surface area contributed by atoms with Gasteiger partial charge in [0.1, 0.15) is 0 Å². The highest BCUT2D eigenvalue weighted by Crippen LogP contribution is 2.31. The van der Waals surface area contributed by atoms with Crippen LogP contribution in [0.5, 0.6) is 0 Å². The second-order valence-corrected chi connectivity index (χ2v) is 4.61. The Bertz CT molecular complexity index is 311. The molecule has 4 heteroatoms. The lowest BCUT2D eigenvalue weighted by molar-refractivity contribution is -0.0455. The maximum absolute atomic E-state index is 10.2. The Kier molecular flexibility index (Phi) is 3.47. The number of aliphatic hydroxyl groups is 3. The van der Waals surface area contributed by atoms with Crippen molar-refractivity contribution in [3.05, 3.63) is 17.9 Å². The molecule has 2 unspecified atom stereocenters. The second-order valence-electron chi connectivity index (χ2n) is 4.61. The summed E-state index contributed by atoms with van der Waals surface area (Å²) in [6.45, 7) is 3.15. The van der Waals surface area contributed by atoms with Crippen LogP contribution in [0.2, 0.25) is 0 Å². The molecule has 90 valence electrons. The topological polar surface area (TPSA) is 63.9 Å². The Hall–Kier alpha value is -0.640. The highest BCUT2D eigenvalue weighted by molar-refractivity contribution is 5.06. The third kappa shape index (κ3) is 1.95. The van der Waals surface area contributed by atoms with Gasteiger partial charge in [-0.1, -0.05) is 0 Å². The summed E-state index contributed by atoms with van der Waals surface area (Å²) in [4.78, 5) is 1.97. The molecule has 0 spiro atoms. The van der Waals surface area contributed by atoms with E-state index >= 15 is 0 Å². The molecular weight excluding hydrogens is 206 g/mol. The summed E-state index contributed by atoms with van der Waals surface area (Å²) in [6, 6.07) is -0.330. The minimum absolute atomic E-state index is 0.0254. The van der Waals surface area contributed by atoms with Crippen molar-refractivity contribution >= 4 is 0 Å². The number of rotatable bonds is 1. The fraction of sp³-hybridized carbons (Fsp3) is 0.750. The van der Waals surface area contributed by atoms with Gasteiger partial charge in [0, 0.05) is 12.5 Å². The van der Waals surface area contributed by atoms with Crippen LogP contribution in [0.25, 0.3) is 0 Å². The van der Waals surface area contributed by atoms with E-state index < -0.39 is 18.3 Å². The number of hydrogen-bond donors (Lipinski definition) is 3. The molecule has 16 heavy (non-hydrogen) atoms. The highest BCUT2D eigenvalue weighted by Gasteiger charge is 2.47. The average Bonchev–Trinajstić information content (AvgIpc) is 2.55. The zero-order valence-electron chi connectivity index (χ0n) is 9.45. The molecule has 2 rings (SSSR count). The predicted molar refractivity (Wildman–Crippen MR) is 59.8 cm³/mol. The quantitative estimate of drug-likeness (QED) is 0.527. The molecule has 0 aliphatic carbocycles. The van der Waals surface area contributed by atoms with Crippen molar-refractivity contribution in [2.75, 3.05) is 13.1 Å². The van der Waals surface area contributed by atoms with Crippen molar-refractivity contribution in [2.45, 2.75) is 37.7 Å². The fourth-order valence-corrected chi connectivity index (χ4v) is 2.71. The third-order valence-corrected chi connectivity index (χ3v) is 3.60. The molecule has 2 fully saturated rings. The minimum atomic E-state index is -0.836. The smallest absolute Gasteiger partial charge is 0.0991 e. The van der Waals surface area contributed by atoms with E-state index in [1.165, 1.54) is 0 Å². The molecule has 5 atom stereocenters. The molecule has 4 nitrogen and oxygen atoms in total. The number of piperidine rings is 1. The zero-order chi connectivity index (χ0) is 11.7. The first-order valence-electron chi connectivity index (χ1n) is 5.80. The minimum Gasteiger partial charge on any atom is -0.391 e. The highest BCUT2D eigenvalue weighted by atomic mass is 16.3. The van der Waals surface area contributed by atoms with Crippen LogP contribution in [0.3, 0.4) is 0 Å². The Morgan fingerprint density at radius 1 is 1.25 bits per heavy atom. The van der Waals surface area contributed by atoms with E-state index in [1.54, 1.807) is 6.08 Å². The van der Waals surface area contributed by atoms with Gasteiger partial charge in [0.15, 0.2) is 0 Å². The van der Waals surface area contributed by atoms with Crippen molar-refractivity contribution in [3.8, 4) is 0 Å². The van der Waals surface area contributed by atoms with Gasteiger partial charge in [-0.25, -0.2) is 0 Å². The maximum Gasteiger partial charge on any atom is 0.0991 e. The molecule has 2 aliphatic rings. The van der Waals surface area contributed by atoms with Crippen LogP contribution in [0.4, 0.5) is 0 Å². The molecule has 2 heterocycles. The molecule has 2 saturated heterocycles. The van der Waals surface area contributed by atoms with E-state index in [4.69, 9.17) is 0 Å². The van der Waals surface area contributed by atoms with E-state index in [0.717, 1.165) is 13.0 Å². The average molecular weight is 225 g/mol. The molecule has 0 radical (unpaired) electrons. The third-order valence-electron chi connectivity index (χ3n) is 3.60. The lowest BCUT2D eigenvalue weighted by Gasteiger charge is -2.38. The molecule has 0 amide bonds. The fourth-order valence-electron chi connectivity index (χ4n) is 2.71. The van der Waals surface area contributed by atoms with Crippen molar-refractivity contribution in [1.29, 1.82) is 0 Å². The van der Waals surface area contributed by atoms with Gasteiger partial charge in [0.05, 0.1) is 24.4 Å². The lowest BCUT2D eigenvalue weighted by atomic mass is 9.86. The summed E-state index contributed by atoms with van der Waals surface area (Å²) in [5, 5.41) is 29.5. The number of aliphatic hydroxyl groups excluding tert-OH is 3. The Labute approximate surface area is 95.5 Å². The summed E-state index contributed by atoms with van der Waals surface area (Å²) in [7, 11) is 0. The van der Waals surface area contributed by atoms with Gasteiger partial charge < -0.3 is 15.3 Å². The van der Waals surface area contributed by atoms with Gasteiger partial charge >= 0.3 is 0 Å². The molecule has 0 bridgehead atoms. The molecular formula is C12H19NO3. The van der Waals surface area contributed by atoms with E-state index in [2.05, 4.69) is 5.73 Å². The largest absolute Gasteiger partial charge is 0.391 e. The van der Waals surface area contributed by atoms with Crippen LogP contribution in [0.1, 0.15) is 13.3 Å². The van der Waals surface area contributed by atoms with Crippen molar-refractivity contribution < 1.29 is 15.3 Å². The summed E-state index contributed by atoms with van der Waals surface area (Å²) in [5.74, 6) is 0.0254. The van der Waals surface area contributed by atoms with E-state index in [0.29, 0.717) is 6.54 Å². The van der Waals surface area contributed by atoms with Gasteiger partial charge in [0.25, 0.3) is 0 Å². The standard InChI is InChI=1S/C12H19NO3/c1-2-3-4-8-5-6-13-7-9(14)12(16)10(13)11(8)15/h2,4,8-12,14-16H,5-7H2,1H3/t3?,8-,9?,10-,11-,12?/m1/s1. The molecule has 0 saturated carbocycles. The van der Waals surface area contributed by atoms with Crippen LogP contribution >= 0.6 is 0 Å². The summed E-state index contributed by atoms with van der Waals surface area (Å²) >= 11 is 0. The van der Waals surface area contributed by atoms with Gasteiger partial charge in [-0.2, -0.15) is 0 Å². The Morgan fingerprint density at radius 3 is 2.69 bits per heavy atom. The van der Waals surface area contributed by atoms with Crippen molar-refractivity contribution in [2.24, 2.45) is 5.92 Å². The zero-order valence-corrected chi connectivity index (χ0v) is 9.45. The number of hydrogen-bond acceptors (Lipinski definition) is 4. The van der Waals surface area contributed by atoms with Crippen molar-refractivity contribution in [1.82, 2.24) is 4.90 Å². The Balaban J connectivity index is 2.13. The number of nitrogens with zero attached hydrogens (tertiary/aromatic N) is 1. The molecule has 3 N–H and O–H groups in total. The van der Waals surface area contributed by atoms with Gasteiger partial charge in [-0.05, 0) is 32.0 Å². The van der Waals surface area contributed by atoms with Gasteiger partial charge in [-0.15, -0.1) is 5.73 Å². The van der Waals surface area contributed by atoms with Crippen LogP contribution in [-0.4, -0.2) is 57.7 Å². The molecule has 0 aromatic heterocycles. The number of fused-ring (bicyclic) bond motifs is 1. The predicted octanol–water partition coefficient (Wildman–Crippen LogP) is -0.496. The van der Waals surface area contributed by atoms with Gasteiger partial charge in [-0.3, -0.25) is 4.90 Å². The van der Waals surface area contributed by atoms with E-state index in [1.807, 2.05) is 17.9 Å². The molecule has 2 aliphatic heterocycles. The monoisotopic (exact) mass is 225 g/mol. The first-order valence-corrected chi connectivity index (χ1v) is 5.80. The molecule has 0 aromatic rings. The van der Waals surface area contributed by atoms with E-state index in [-0.39, 0.29) is 12.0 Å². The van der Waals surface area contributed by atoms with Gasteiger partial charge in [0.2, 0.25) is 0 Å². The van der Waals surface area contributed by atoms with Crippen molar-refractivity contribution in [3.63, 3.8) is 0 Å². The lowest BCUT2D eigenvalue weighted by Crippen LogP contribution is -2.52. The molecule has 0 aromatic carbocycles. The SMILES string of the molecule is CC=C=C[C@@H]1CCN2CC(O)C(O)[C@H]2[C@@H]1O.